The Morgan fingerprint density at radius 1 is 0.892 bits per heavy atom. The smallest absolute Gasteiger partial charge is 0.412 e. The molecule has 1 aromatic heterocycles. The van der Waals surface area contributed by atoms with Crippen LogP contribution in [-0.4, -0.2) is 35.9 Å². The molecule has 0 saturated heterocycles. The lowest BCUT2D eigenvalue weighted by Crippen LogP contribution is -2.29. The van der Waals surface area contributed by atoms with Crippen LogP contribution in [-0.2, 0) is 25.6 Å². The van der Waals surface area contributed by atoms with Crippen LogP contribution >= 0.6 is 0 Å². The number of benzene rings is 2. The zero-order chi connectivity index (χ0) is 26.8. The number of ether oxygens (including phenoxy) is 3. The van der Waals surface area contributed by atoms with Gasteiger partial charge in [0.1, 0.15) is 17.9 Å². The molecule has 3 rings (SSSR count). The number of hydrogen-bond acceptors (Lipinski definition) is 7. The summed E-state index contributed by atoms with van der Waals surface area (Å²) >= 11 is 0. The van der Waals surface area contributed by atoms with Crippen molar-refractivity contribution in [3.63, 3.8) is 0 Å². The van der Waals surface area contributed by atoms with Gasteiger partial charge in [0, 0.05) is 5.56 Å². The topological polar surface area (TPSA) is 116 Å². The number of esters is 1. The van der Waals surface area contributed by atoms with E-state index in [0.717, 1.165) is 11.1 Å². The average molecular weight is 504 g/mol. The summed E-state index contributed by atoms with van der Waals surface area (Å²) in [5.74, 6) is -0.827. The Hall–Kier alpha value is -4.66. The Morgan fingerprint density at radius 3 is 2.16 bits per heavy atom. The van der Waals surface area contributed by atoms with E-state index in [9.17, 15) is 14.4 Å². The van der Waals surface area contributed by atoms with E-state index in [1.807, 2.05) is 48.5 Å². The van der Waals surface area contributed by atoms with Gasteiger partial charge in [0.25, 0.3) is 0 Å². The van der Waals surface area contributed by atoms with E-state index >= 15 is 0 Å². The van der Waals surface area contributed by atoms with E-state index in [2.05, 4.69) is 15.6 Å². The molecule has 37 heavy (non-hydrogen) atoms. The Morgan fingerprint density at radius 2 is 1.54 bits per heavy atom. The van der Waals surface area contributed by atoms with Crippen LogP contribution in [0.3, 0.4) is 0 Å². The van der Waals surface area contributed by atoms with Gasteiger partial charge in [-0.2, -0.15) is 0 Å². The molecule has 0 aliphatic rings. The van der Waals surface area contributed by atoms with Gasteiger partial charge in [0.05, 0.1) is 24.2 Å². The van der Waals surface area contributed by atoms with Crippen LogP contribution < -0.4 is 10.6 Å². The molecule has 0 aliphatic heterocycles. The van der Waals surface area contributed by atoms with Crippen LogP contribution in [0.2, 0.25) is 0 Å². The van der Waals surface area contributed by atoms with Crippen LogP contribution in [0.25, 0.3) is 17.3 Å². The Balaban J connectivity index is 1.93. The molecule has 0 unspecified atom stereocenters. The molecule has 2 amide bonds. The fourth-order valence-corrected chi connectivity index (χ4v) is 3.14. The number of aromatic nitrogens is 1. The lowest BCUT2D eigenvalue weighted by Gasteiger charge is -2.20. The normalized spacial score (nSPS) is 11.3. The summed E-state index contributed by atoms with van der Waals surface area (Å²) in [6.45, 7) is 5.23. The van der Waals surface area contributed by atoms with Gasteiger partial charge in [-0.15, -0.1) is 0 Å². The van der Waals surface area contributed by atoms with Gasteiger partial charge in [-0.3, -0.25) is 10.6 Å². The third-order valence-corrected chi connectivity index (χ3v) is 4.77. The maximum Gasteiger partial charge on any atom is 0.412 e. The van der Waals surface area contributed by atoms with Crippen LogP contribution in [0.4, 0.5) is 15.3 Å². The number of nitrogens with one attached hydrogen (secondary N) is 2. The molecule has 0 saturated carbocycles. The standard InChI is InChI=1S/C28H29N3O6/c1-28(2,3)37-27(34)30-22-16-15-21(20-13-9-6-10-14-20)29-23(22)17-24(25(32)35-4)31-26(33)36-18-19-11-7-5-8-12-19/h5-17H,18H2,1-4H3,(H,30,34)(H,31,33). The molecule has 1 heterocycles. The van der Waals surface area contributed by atoms with Crippen molar-refractivity contribution in [3.05, 3.63) is 89.8 Å². The average Bonchev–Trinajstić information content (AvgIpc) is 2.87. The maximum absolute atomic E-state index is 12.5. The van der Waals surface area contributed by atoms with Gasteiger partial charge in [-0.25, -0.2) is 19.4 Å². The summed E-state index contributed by atoms with van der Waals surface area (Å²) < 4.78 is 15.4. The van der Waals surface area contributed by atoms with E-state index < -0.39 is 23.8 Å². The molecular weight excluding hydrogens is 474 g/mol. The molecule has 3 aromatic rings. The molecule has 0 bridgehead atoms. The van der Waals surface area contributed by atoms with Crippen LogP contribution in [0.1, 0.15) is 32.0 Å². The highest BCUT2D eigenvalue weighted by molar-refractivity contribution is 5.98. The molecule has 0 atom stereocenters. The van der Waals surface area contributed by atoms with E-state index in [1.54, 1.807) is 45.0 Å². The number of rotatable bonds is 7. The van der Waals surface area contributed by atoms with E-state index in [4.69, 9.17) is 14.2 Å². The third kappa shape index (κ3) is 8.50. The first-order valence-electron chi connectivity index (χ1n) is 11.5. The van der Waals surface area contributed by atoms with Gasteiger partial charge in [0.15, 0.2) is 0 Å². The number of alkyl carbamates (subject to hydrolysis) is 1. The summed E-state index contributed by atoms with van der Waals surface area (Å²) in [4.78, 5) is 42.0. The predicted octanol–water partition coefficient (Wildman–Crippen LogP) is 5.54. The van der Waals surface area contributed by atoms with Crippen molar-refractivity contribution in [1.29, 1.82) is 0 Å². The van der Waals surface area contributed by atoms with Crippen molar-refractivity contribution in [2.75, 3.05) is 12.4 Å². The zero-order valence-electron chi connectivity index (χ0n) is 21.1. The quantitative estimate of drug-likeness (QED) is 0.247. The SMILES string of the molecule is COC(=O)C(=Cc1nc(-c2ccccc2)ccc1NC(=O)OC(C)(C)C)NC(=O)OCc1ccccc1. The van der Waals surface area contributed by atoms with E-state index in [-0.39, 0.29) is 23.7 Å². The van der Waals surface area contributed by atoms with Gasteiger partial charge in [0.2, 0.25) is 0 Å². The molecule has 2 aromatic carbocycles. The lowest BCUT2D eigenvalue weighted by atomic mass is 10.1. The minimum atomic E-state index is -0.860. The summed E-state index contributed by atoms with van der Waals surface area (Å²) in [5, 5.41) is 5.05. The molecule has 9 heteroatoms. The molecule has 192 valence electrons. The van der Waals surface area contributed by atoms with E-state index in [0.29, 0.717) is 5.69 Å². The second-order valence-corrected chi connectivity index (χ2v) is 8.86. The number of pyridine rings is 1. The largest absolute Gasteiger partial charge is 0.464 e. The van der Waals surface area contributed by atoms with Crippen molar-refractivity contribution < 1.29 is 28.6 Å². The second-order valence-electron chi connectivity index (χ2n) is 8.86. The fraction of sp³-hybridized carbons (Fsp3) is 0.214. The van der Waals surface area contributed by atoms with Crippen molar-refractivity contribution in [2.24, 2.45) is 0 Å². The first-order valence-corrected chi connectivity index (χ1v) is 11.5. The number of anilines is 1. The van der Waals surface area contributed by atoms with Gasteiger partial charge in [-0.1, -0.05) is 60.7 Å². The van der Waals surface area contributed by atoms with Gasteiger partial charge >= 0.3 is 18.2 Å². The van der Waals surface area contributed by atoms with E-state index in [1.165, 1.54) is 13.2 Å². The minimum Gasteiger partial charge on any atom is -0.464 e. The number of hydrogen-bond donors (Lipinski definition) is 2. The molecule has 0 fully saturated rings. The minimum absolute atomic E-state index is 0.00825. The maximum atomic E-state index is 12.5. The number of amides is 2. The number of nitrogens with zero attached hydrogens (tertiary/aromatic N) is 1. The monoisotopic (exact) mass is 503 g/mol. The first kappa shape index (κ1) is 26.9. The number of carbonyl (C=O) groups is 3. The lowest BCUT2D eigenvalue weighted by molar-refractivity contribution is -0.136. The Bertz CT molecular complexity index is 1270. The Labute approximate surface area is 215 Å². The van der Waals surface area contributed by atoms with Crippen molar-refractivity contribution >= 4 is 29.9 Å². The summed E-state index contributed by atoms with van der Waals surface area (Å²) in [7, 11) is 1.18. The summed E-state index contributed by atoms with van der Waals surface area (Å²) in [5.41, 5.74) is 1.67. The predicted molar refractivity (Wildman–Crippen MR) is 139 cm³/mol. The van der Waals surface area contributed by atoms with Crippen LogP contribution in [0.5, 0.6) is 0 Å². The molecule has 0 spiro atoms. The van der Waals surface area contributed by atoms with Gasteiger partial charge in [-0.05, 0) is 44.5 Å². The fourth-order valence-electron chi connectivity index (χ4n) is 3.14. The highest BCUT2D eigenvalue weighted by Gasteiger charge is 2.20. The zero-order valence-corrected chi connectivity index (χ0v) is 21.1. The van der Waals surface area contributed by atoms with Crippen molar-refractivity contribution in [2.45, 2.75) is 33.0 Å². The van der Waals surface area contributed by atoms with Crippen molar-refractivity contribution in [3.8, 4) is 11.3 Å². The highest BCUT2D eigenvalue weighted by atomic mass is 16.6. The van der Waals surface area contributed by atoms with Crippen LogP contribution in [0.15, 0.2) is 78.5 Å². The molecule has 0 aliphatic carbocycles. The van der Waals surface area contributed by atoms with Crippen LogP contribution in [0, 0.1) is 0 Å². The third-order valence-electron chi connectivity index (χ3n) is 4.77. The van der Waals surface area contributed by atoms with Crippen molar-refractivity contribution in [1.82, 2.24) is 10.3 Å². The first-order chi connectivity index (χ1) is 17.6. The summed E-state index contributed by atoms with van der Waals surface area (Å²) in [6, 6.07) is 21.8. The molecule has 9 nitrogen and oxygen atoms in total. The second kappa shape index (κ2) is 12.3. The molecule has 0 radical (unpaired) electrons. The highest BCUT2D eigenvalue weighted by Crippen LogP contribution is 2.24. The number of carbonyl (C=O) groups excluding carboxylic acids is 3. The number of methoxy groups -OCH3 is 1. The molecular formula is C28H29N3O6. The Kier molecular flexibility index (Phi) is 8.99. The van der Waals surface area contributed by atoms with Gasteiger partial charge < -0.3 is 14.2 Å². The molecule has 2 N–H and O–H groups in total. The summed E-state index contributed by atoms with van der Waals surface area (Å²) in [6.07, 6.45) is -0.262.